The fraction of sp³-hybridized carbons (Fsp3) is 0.484. The number of aliphatic hydroxyl groups is 1. The van der Waals surface area contributed by atoms with Gasteiger partial charge >= 0.3 is 0 Å². The number of fused-ring (bicyclic) bond motifs is 3. The minimum atomic E-state index is -0.596. The van der Waals surface area contributed by atoms with E-state index in [1.807, 2.05) is 30.1 Å². The van der Waals surface area contributed by atoms with E-state index in [1.54, 1.807) is 13.3 Å². The highest BCUT2D eigenvalue weighted by atomic mass is 16.5. The molecule has 0 aliphatic carbocycles. The van der Waals surface area contributed by atoms with E-state index in [2.05, 4.69) is 55.1 Å². The largest absolute Gasteiger partial charge is 0.481 e. The molecular formula is C31H36N8O2. The fourth-order valence-corrected chi connectivity index (χ4v) is 6.88. The molecule has 4 saturated heterocycles. The van der Waals surface area contributed by atoms with E-state index in [-0.39, 0.29) is 6.04 Å². The first kappa shape index (κ1) is 26.1. The number of hydrogen-bond acceptors (Lipinski definition) is 9. The van der Waals surface area contributed by atoms with Gasteiger partial charge in [0.25, 0.3) is 0 Å². The summed E-state index contributed by atoms with van der Waals surface area (Å²) in [5.41, 5.74) is 4.07. The van der Waals surface area contributed by atoms with Crippen molar-refractivity contribution in [3.63, 3.8) is 0 Å². The Morgan fingerprint density at radius 2 is 1.85 bits per heavy atom. The normalized spacial score (nSPS) is 25.6. The smallest absolute Gasteiger partial charge is 0.212 e. The van der Waals surface area contributed by atoms with Crippen molar-refractivity contribution in [1.29, 1.82) is 5.26 Å². The summed E-state index contributed by atoms with van der Waals surface area (Å²) in [6.07, 6.45) is 10.5. The summed E-state index contributed by atoms with van der Waals surface area (Å²) in [6, 6.07) is 11.8. The molecule has 3 unspecified atom stereocenters. The van der Waals surface area contributed by atoms with Crippen LogP contribution in [0.15, 0.2) is 48.9 Å². The summed E-state index contributed by atoms with van der Waals surface area (Å²) in [7, 11) is 1.64. The highest BCUT2D eigenvalue weighted by Crippen LogP contribution is 2.37. The predicted molar refractivity (Wildman–Crippen MR) is 154 cm³/mol. The molecule has 10 nitrogen and oxygen atoms in total. The van der Waals surface area contributed by atoms with Gasteiger partial charge < -0.3 is 14.7 Å². The summed E-state index contributed by atoms with van der Waals surface area (Å²) in [5, 5.41) is 24.8. The Balaban J connectivity index is 1.07. The number of piperazine rings is 1. The van der Waals surface area contributed by atoms with Gasteiger partial charge in [-0.2, -0.15) is 10.4 Å². The lowest BCUT2D eigenvalue weighted by molar-refractivity contribution is -0.0136. The topological polar surface area (TPSA) is 107 Å². The minimum absolute atomic E-state index is 0.154. The van der Waals surface area contributed by atoms with Gasteiger partial charge in [0, 0.05) is 80.4 Å². The van der Waals surface area contributed by atoms with E-state index in [0.29, 0.717) is 30.1 Å². The molecule has 212 valence electrons. The first-order chi connectivity index (χ1) is 19.9. The monoisotopic (exact) mass is 552 g/mol. The number of methoxy groups -OCH3 is 1. The molecule has 3 aromatic heterocycles. The molecule has 4 fully saturated rings. The average molecular weight is 553 g/mol. The van der Waals surface area contributed by atoms with Gasteiger partial charge in [0.2, 0.25) is 5.88 Å². The van der Waals surface area contributed by atoms with Crippen LogP contribution < -0.4 is 9.64 Å². The van der Waals surface area contributed by atoms with Crippen LogP contribution in [-0.4, -0.2) is 91.7 Å². The van der Waals surface area contributed by atoms with E-state index in [9.17, 15) is 10.4 Å². The van der Waals surface area contributed by atoms with Gasteiger partial charge in [0.05, 0.1) is 36.7 Å². The van der Waals surface area contributed by atoms with Gasteiger partial charge in [-0.1, -0.05) is 12.1 Å². The van der Waals surface area contributed by atoms with Crippen molar-refractivity contribution in [3.8, 4) is 11.9 Å². The highest BCUT2D eigenvalue weighted by molar-refractivity contribution is 5.82. The van der Waals surface area contributed by atoms with Crippen LogP contribution in [-0.2, 0) is 13.1 Å². The van der Waals surface area contributed by atoms with Crippen LogP contribution in [0.4, 0.5) is 5.82 Å². The number of nitriles is 1. The first-order valence-corrected chi connectivity index (χ1v) is 14.5. The molecule has 3 aromatic rings. The maximum absolute atomic E-state index is 10.4. The lowest BCUT2D eigenvalue weighted by Gasteiger charge is -2.56. The standard InChI is InChI=1S/C31H36N8O2/c1-31(40)7-9-36(10-8-31)24-12-27(30-23(13-32)16-35-39(30)20-24)22-4-5-28(33-15-22)37-18-25-11-26(19-37)38(25)17-21-3-6-29(41-2)34-14-21/h3-6,12,14-16,24-26,40H,7-11,17-20H2,1-2H3. The number of anilines is 1. The molecule has 0 amide bonds. The van der Waals surface area contributed by atoms with Crippen LogP contribution in [0.3, 0.4) is 0 Å². The second kappa shape index (κ2) is 10.2. The summed E-state index contributed by atoms with van der Waals surface area (Å²) in [5.74, 6) is 1.64. The number of piperidine rings is 2. The van der Waals surface area contributed by atoms with Gasteiger partial charge in [-0.05, 0) is 43.9 Å². The SMILES string of the molecule is COc1ccc(CN2C3CC2CN(c2ccc(C4=CC(N5CCC(C)(O)CC5)Cn5ncc(C#N)c54)cn2)C3)cn1. The number of ether oxygens (including phenoxy) is 1. The van der Waals surface area contributed by atoms with Crippen molar-refractivity contribution in [2.75, 3.05) is 38.2 Å². The second-order valence-corrected chi connectivity index (χ2v) is 12.1. The molecule has 8 heterocycles. The summed E-state index contributed by atoms with van der Waals surface area (Å²) >= 11 is 0. The summed E-state index contributed by atoms with van der Waals surface area (Å²) in [6.45, 7) is 7.13. The number of nitrogens with zero attached hydrogens (tertiary/aromatic N) is 8. The summed E-state index contributed by atoms with van der Waals surface area (Å²) in [4.78, 5) is 16.7. The van der Waals surface area contributed by atoms with Gasteiger partial charge in [0.1, 0.15) is 11.9 Å². The lowest BCUT2D eigenvalue weighted by atomic mass is 9.87. The molecule has 5 aliphatic heterocycles. The van der Waals surface area contributed by atoms with Crippen molar-refractivity contribution in [2.45, 2.75) is 63.0 Å². The van der Waals surface area contributed by atoms with Crippen LogP contribution in [0, 0.1) is 11.3 Å². The predicted octanol–water partition coefficient (Wildman–Crippen LogP) is 2.68. The summed E-state index contributed by atoms with van der Waals surface area (Å²) < 4.78 is 7.16. The van der Waals surface area contributed by atoms with Crippen LogP contribution >= 0.6 is 0 Å². The third kappa shape index (κ3) is 4.88. The average Bonchev–Trinajstić information content (AvgIpc) is 3.43. The van der Waals surface area contributed by atoms with E-state index in [4.69, 9.17) is 9.72 Å². The van der Waals surface area contributed by atoms with Crippen LogP contribution in [0.25, 0.3) is 5.57 Å². The maximum atomic E-state index is 10.4. The van der Waals surface area contributed by atoms with Crippen molar-refractivity contribution >= 4 is 11.4 Å². The molecule has 10 heteroatoms. The van der Waals surface area contributed by atoms with Crippen LogP contribution in [0.1, 0.15) is 48.6 Å². The number of hydrogen-bond donors (Lipinski definition) is 1. The Labute approximate surface area is 240 Å². The van der Waals surface area contributed by atoms with Crippen molar-refractivity contribution in [2.24, 2.45) is 0 Å². The molecule has 8 rings (SSSR count). The molecule has 41 heavy (non-hydrogen) atoms. The molecule has 2 bridgehead atoms. The Kier molecular flexibility index (Phi) is 6.53. The van der Waals surface area contributed by atoms with E-state index < -0.39 is 5.60 Å². The first-order valence-electron chi connectivity index (χ1n) is 14.5. The van der Waals surface area contributed by atoms with Crippen molar-refractivity contribution in [3.05, 3.63) is 71.3 Å². The molecule has 0 saturated carbocycles. The van der Waals surface area contributed by atoms with Gasteiger partial charge in [-0.15, -0.1) is 0 Å². The minimum Gasteiger partial charge on any atom is -0.481 e. The van der Waals surface area contributed by atoms with Crippen molar-refractivity contribution in [1.82, 2.24) is 29.5 Å². The van der Waals surface area contributed by atoms with E-state index in [1.165, 1.54) is 12.0 Å². The Hall–Kier alpha value is -3.78. The third-order valence-corrected chi connectivity index (χ3v) is 9.38. The number of aromatic nitrogens is 4. The van der Waals surface area contributed by atoms with Gasteiger partial charge in [0.15, 0.2) is 0 Å². The Morgan fingerprint density at radius 3 is 2.51 bits per heavy atom. The van der Waals surface area contributed by atoms with Crippen molar-refractivity contribution < 1.29 is 9.84 Å². The lowest BCUT2D eigenvalue weighted by Crippen LogP contribution is -2.68. The quantitative estimate of drug-likeness (QED) is 0.494. The van der Waals surface area contributed by atoms with Crippen LogP contribution in [0.5, 0.6) is 5.88 Å². The van der Waals surface area contributed by atoms with Gasteiger partial charge in [-0.25, -0.2) is 9.97 Å². The molecule has 0 aromatic carbocycles. The van der Waals surface area contributed by atoms with Gasteiger partial charge in [-0.3, -0.25) is 14.5 Å². The number of likely N-dealkylation sites (tertiary alicyclic amines) is 1. The Morgan fingerprint density at radius 1 is 1.05 bits per heavy atom. The molecule has 1 N–H and O–H groups in total. The van der Waals surface area contributed by atoms with E-state index >= 15 is 0 Å². The molecule has 5 aliphatic rings. The number of rotatable bonds is 6. The zero-order valence-electron chi connectivity index (χ0n) is 23.6. The maximum Gasteiger partial charge on any atom is 0.212 e. The molecule has 0 spiro atoms. The third-order valence-electron chi connectivity index (χ3n) is 9.38. The molecule has 3 atom stereocenters. The van der Waals surface area contributed by atoms with Crippen LogP contribution in [0.2, 0.25) is 0 Å². The molecular weight excluding hydrogens is 516 g/mol. The zero-order chi connectivity index (χ0) is 28.1. The Bertz CT molecular complexity index is 1470. The second-order valence-electron chi connectivity index (χ2n) is 12.1. The zero-order valence-corrected chi connectivity index (χ0v) is 23.6. The highest BCUT2D eigenvalue weighted by Gasteiger charge is 2.44. The van der Waals surface area contributed by atoms with E-state index in [0.717, 1.165) is 68.2 Å². The number of pyridine rings is 2. The molecule has 0 radical (unpaired) electrons. The fourth-order valence-electron chi connectivity index (χ4n) is 6.88.